The lowest BCUT2D eigenvalue weighted by molar-refractivity contribution is 0.0938. The van der Waals surface area contributed by atoms with Gasteiger partial charge in [-0.3, -0.25) is 9.89 Å². The van der Waals surface area contributed by atoms with Crippen LogP contribution in [0.15, 0.2) is 12.4 Å². The number of amides is 1. The summed E-state index contributed by atoms with van der Waals surface area (Å²) in [4.78, 5) is 11.4. The number of nitrogens with zero attached hydrogens (tertiary/aromatic N) is 1. The maximum atomic E-state index is 11.4. The summed E-state index contributed by atoms with van der Waals surface area (Å²) in [5.74, 6) is -0.0605. The number of hydrogen-bond donors (Lipinski definition) is 2. The Morgan fingerprint density at radius 2 is 2.54 bits per heavy atom. The molecule has 0 spiro atoms. The summed E-state index contributed by atoms with van der Waals surface area (Å²) in [6.07, 6.45) is 5.19. The molecule has 1 aromatic heterocycles. The van der Waals surface area contributed by atoms with Crippen molar-refractivity contribution >= 4 is 5.91 Å². The molecule has 1 aromatic rings. The standard InChI is InChI=1S/C9H15N3O/c1-3-4-7(2)12-9(13)8-5-10-11-6-8/h5-7H,3-4H2,1-2H3,(H,10,11)(H,12,13). The third kappa shape index (κ3) is 2.89. The van der Waals surface area contributed by atoms with Crippen molar-refractivity contribution in [2.45, 2.75) is 32.7 Å². The largest absolute Gasteiger partial charge is 0.349 e. The normalized spacial score (nSPS) is 12.5. The molecule has 0 bridgehead atoms. The second-order valence-electron chi connectivity index (χ2n) is 3.15. The quantitative estimate of drug-likeness (QED) is 0.736. The average Bonchev–Trinajstić information content (AvgIpc) is 2.55. The Morgan fingerprint density at radius 3 is 3.08 bits per heavy atom. The molecule has 1 atom stereocenters. The molecule has 0 radical (unpaired) electrons. The van der Waals surface area contributed by atoms with Gasteiger partial charge in [-0.25, -0.2) is 0 Å². The number of carbonyl (C=O) groups is 1. The van der Waals surface area contributed by atoms with Gasteiger partial charge in [0.15, 0.2) is 0 Å². The highest BCUT2D eigenvalue weighted by Crippen LogP contribution is 1.98. The Labute approximate surface area is 77.7 Å². The fourth-order valence-corrected chi connectivity index (χ4v) is 1.19. The second kappa shape index (κ2) is 4.64. The number of nitrogens with one attached hydrogen (secondary N) is 2. The van der Waals surface area contributed by atoms with Crippen LogP contribution in [0.2, 0.25) is 0 Å². The molecule has 1 amide bonds. The van der Waals surface area contributed by atoms with E-state index in [9.17, 15) is 4.79 Å². The van der Waals surface area contributed by atoms with E-state index >= 15 is 0 Å². The van der Waals surface area contributed by atoms with Crippen LogP contribution in [0.4, 0.5) is 0 Å². The molecule has 0 aliphatic rings. The van der Waals surface area contributed by atoms with Crippen molar-refractivity contribution in [1.29, 1.82) is 0 Å². The number of H-pyrrole nitrogens is 1. The molecule has 4 heteroatoms. The van der Waals surface area contributed by atoms with E-state index in [1.54, 1.807) is 6.20 Å². The van der Waals surface area contributed by atoms with Crippen LogP contribution in [-0.2, 0) is 0 Å². The molecule has 4 nitrogen and oxygen atoms in total. The summed E-state index contributed by atoms with van der Waals surface area (Å²) >= 11 is 0. The van der Waals surface area contributed by atoms with E-state index in [0.29, 0.717) is 5.56 Å². The summed E-state index contributed by atoms with van der Waals surface area (Å²) < 4.78 is 0. The lowest BCUT2D eigenvalue weighted by Gasteiger charge is -2.11. The summed E-state index contributed by atoms with van der Waals surface area (Å²) in [5, 5.41) is 9.20. The Morgan fingerprint density at radius 1 is 1.77 bits per heavy atom. The van der Waals surface area contributed by atoms with Gasteiger partial charge in [-0.2, -0.15) is 5.10 Å². The molecule has 2 N–H and O–H groups in total. The minimum atomic E-state index is -0.0605. The van der Waals surface area contributed by atoms with E-state index in [2.05, 4.69) is 22.4 Å². The number of hydrogen-bond acceptors (Lipinski definition) is 2. The molecular formula is C9H15N3O. The van der Waals surface area contributed by atoms with Crippen molar-refractivity contribution in [2.75, 3.05) is 0 Å². The van der Waals surface area contributed by atoms with E-state index < -0.39 is 0 Å². The van der Waals surface area contributed by atoms with Gasteiger partial charge >= 0.3 is 0 Å². The predicted octanol–water partition coefficient (Wildman–Crippen LogP) is 1.33. The first kappa shape index (κ1) is 9.77. The van der Waals surface area contributed by atoms with Gasteiger partial charge < -0.3 is 5.32 Å². The third-order valence-corrected chi connectivity index (χ3v) is 1.86. The summed E-state index contributed by atoms with van der Waals surface area (Å²) in [5.41, 5.74) is 0.586. The van der Waals surface area contributed by atoms with Gasteiger partial charge in [-0.05, 0) is 13.3 Å². The summed E-state index contributed by atoms with van der Waals surface area (Å²) in [6.45, 7) is 4.10. The summed E-state index contributed by atoms with van der Waals surface area (Å²) in [6, 6.07) is 0.229. The molecule has 1 heterocycles. The van der Waals surface area contributed by atoms with Gasteiger partial charge in [0.2, 0.25) is 0 Å². The van der Waals surface area contributed by atoms with Crippen molar-refractivity contribution in [2.24, 2.45) is 0 Å². The fraction of sp³-hybridized carbons (Fsp3) is 0.556. The first-order valence-corrected chi connectivity index (χ1v) is 4.53. The van der Waals surface area contributed by atoms with Crippen molar-refractivity contribution in [3.63, 3.8) is 0 Å². The van der Waals surface area contributed by atoms with Gasteiger partial charge in [-0.15, -0.1) is 0 Å². The monoisotopic (exact) mass is 181 g/mol. The van der Waals surface area contributed by atoms with Crippen LogP contribution in [0.3, 0.4) is 0 Å². The van der Waals surface area contributed by atoms with Gasteiger partial charge in [0.05, 0.1) is 11.8 Å². The van der Waals surface area contributed by atoms with Crippen molar-refractivity contribution in [3.05, 3.63) is 18.0 Å². The zero-order chi connectivity index (χ0) is 9.68. The first-order valence-electron chi connectivity index (χ1n) is 4.53. The van der Waals surface area contributed by atoms with E-state index in [4.69, 9.17) is 0 Å². The van der Waals surface area contributed by atoms with Gasteiger partial charge in [0.25, 0.3) is 5.91 Å². The highest BCUT2D eigenvalue weighted by atomic mass is 16.1. The SMILES string of the molecule is CCCC(C)NC(=O)c1cn[nH]c1. The predicted molar refractivity (Wildman–Crippen MR) is 50.4 cm³/mol. The molecule has 0 saturated heterocycles. The Balaban J connectivity index is 2.42. The number of aromatic nitrogens is 2. The molecule has 1 rings (SSSR count). The minimum Gasteiger partial charge on any atom is -0.349 e. The van der Waals surface area contributed by atoms with Crippen LogP contribution in [0.1, 0.15) is 37.0 Å². The molecule has 0 aliphatic carbocycles. The number of aromatic amines is 1. The molecule has 0 fully saturated rings. The highest BCUT2D eigenvalue weighted by molar-refractivity contribution is 5.93. The van der Waals surface area contributed by atoms with Crippen LogP contribution in [0, 0.1) is 0 Å². The smallest absolute Gasteiger partial charge is 0.254 e. The summed E-state index contributed by atoms with van der Waals surface area (Å²) in [7, 11) is 0. The molecule has 1 unspecified atom stereocenters. The van der Waals surface area contributed by atoms with E-state index in [-0.39, 0.29) is 11.9 Å². The van der Waals surface area contributed by atoms with Crippen molar-refractivity contribution in [3.8, 4) is 0 Å². The minimum absolute atomic E-state index is 0.0605. The lowest BCUT2D eigenvalue weighted by Crippen LogP contribution is -2.32. The van der Waals surface area contributed by atoms with E-state index in [0.717, 1.165) is 12.8 Å². The van der Waals surface area contributed by atoms with Gasteiger partial charge in [-0.1, -0.05) is 13.3 Å². The number of rotatable bonds is 4. The zero-order valence-corrected chi connectivity index (χ0v) is 8.00. The van der Waals surface area contributed by atoms with Gasteiger partial charge in [0.1, 0.15) is 0 Å². The number of carbonyl (C=O) groups excluding carboxylic acids is 1. The lowest BCUT2D eigenvalue weighted by atomic mass is 10.2. The molecule has 72 valence electrons. The highest BCUT2D eigenvalue weighted by Gasteiger charge is 2.08. The Bertz CT molecular complexity index is 256. The topological polar surface area (TPSA) is 57.8 Å². The van der Waals surface area contributed by atoms with Crippen molar-refractivity contribution < 1.29 is 4.79 Å². The Kier molecular flexibility index (Phi) is 3.49. The maximum absolute atomic E-state index is 11.4. The molecular weight excluding hydrogens is 166 g/mol. The molecule has 0 saturated carbocycles. The first-order chi connectivity index (χ1) is 6.24. The molecule has 0 aliphatic heterocycles. The second-order valence-corrected chi connectivity index (χ2v) is 3.15. The van der Waals surface area contributed by atoms with Crippen LogP contribution in [0.25, 0.3) is 0 Å². The zero-order valence-electron chi connectivity index (χ0n) is 8.00. The molecule has 0 aromatic carbocycles. The van der Waals surface area contributed by atoms with Crippen LogP contribution in [-0.4, -0.2) is 22.1 Å². The van der Waals surface area contributed by atoms with Gasteiger partial charge in [0, 0.05) is 12.2 Å². The van der Waals surface area contributed by atoms with E-state index in [1.807, 2.05) is 6.92 Å². The van der Waals surface area contributed by atoms with Crippen LogP contribution < -0.4 is 5.32 Å². The Hall–Kier alpha value is -1.32. The maximum Gasteiger partial charge on any atom is 0.254 e. The van der Waals surface area contributed by atoms with E-state index in [1.165, 1.54) is 6.20 Å². The van der Waals surface area contributed by atoms with Crippen LogP contribution >= 0.6 is 0 Å². The van der Waals surface area contributed by atoms with Crippen molar-refractivity contribution in [1.82, 2.24) is 15.5 Å². The van der Waals surface area contributed by atoms with Crippen LogP contribution in [0.5, 0.6) is 0 Å². The average molecular weight is 181 g/mol. The third-order valence-electron chi connectivity index (χ3n) is 1.86. The fourth-order valence-electron chi connectivity index (χ4n) is 1.19. The molecule has 13 heavy (non-hydrogen) atoms.